The van der Waals surface area contributed by atoms with Crippen LogP contribution in [-0.2, 0) is 22.6 Å². The van der Waals surface area contributed by atoms with E-state index < -0.39 is 11.3 Å². The lowest BCUT2D eigenvalue weighted by Gasteiger charge is -2.41. The zero-order chi connectivity index (χ0) is 24.8. The van der Waals surface area contributed by atoms with Crippen molar-refractivity contribution in [1.82, 2.24) is 9.88 Å². The quantitative estimate of drug-likeness (QED) is 0.405. The molecule has 182 valence electrons. The number of rotatable bonds is 7. The van der Waals surface area contributed by atoms with Gasteiger partial charge < -0.3 is 9.84 Å². The van der Waals surface area contributed by atoms with E-state index in [9.17, 15) is 9.90 Å². The summed E-state index contributed by atoms with van der Waals surface area (Å²) in [5, 5.41) is 11.8. The van der Waals surface area contributed by atoms with Crippen LogP contribution >= 0.6 is 23.2 Å². The number of amides is 1. The van der Waals surface area contributed by atoms with Gasteiger partial charge in [-0.3, -0.25) is 14.7 Å². The van der Waals surface area contributed by atoms with Crippen LogP contribution in [-0.4, -0.2) is 27.5 Å². The molecule has 1 amide bonds. The van der Waals surface area contributed by atoms with Crippen LogP contribution in [0.2, 0.25) is 10.0 Å². The number of benzene rings is 2. The fourth-order valence-corrected chi connectivity index (χ4v) is 5.04. The first-order chi connectivity index (χ1) is 16.7. The molecule has 1 N–H and O–H groups in total. The normalized spacial score (nSPS) is 20.1. The van der Waals surface area contributed by atoms with E-state index in [2.05, 4.69) is 4.98 Å². The van der Waals surface area contributed by atoms with E-state index in [-0.39, 0.29) is 12.5 Å². The van der Waals surface area contributed by atoms with Crippen molar-refractivity contribution in [2.24, 2.45) is 5.92 Å². The SMILES string of the molecule is CC(C)(O)c1ccc2c(c1)C(=O)N(Cc1ccc(Cl)cn1)[C@@]2(OCC1CCC1)c1ccc(Cl)cc1. The number of hydrogen-bond donors (Lipinski definition) is 1. The van der Waals surface area contributed by atoms with Gasteiger partial charge in [-0.25, -0.2) is 0 Å². The third-order valence-electron chi connectivity index (χ3n) is 7.04. The molecule has 5 nitrogen and oxygen atoms in total. The average Bonchev–Trinajstić information content (AvgIpc) is 3.02. The van der Waals surface area contributed by atoms with Gasteiger partial charge in [-0.1, -0.05) is 53.9 Å². The Morgan fingerprint density at radius 3 is 2.40 bits per heavy atom. The van der Waals surface area contributed by atoms with E-state index in [1.165, 1.54) is 6.42 Å². The van der Waals surface area contributed by atoms with Gasteiger partial charge in [0.05, 0.1) is 29.5 Å². The van der Waals surface area contributed by atoms with Gasteiger partial charge in [-0.15, -0.1) is 0 Å². The molecule has 1 aromatic heterocycles. The van der Waals surface area contributed by atoms with Crippen molar-refractivity contribution in [3.05, 3.63) is 98.8 Å². The summed E-state index contributed by atoms with van der Waals surface area (Å²) in [4.78, 5) is 20.2. The van der Waals surface area contributed by atoms with Crippen LogP contribution in [0.25, 0.3) is 0 Å². The Hall–Kier alpha value is -2.44. The number of carbonyl (C=O) groups is 1. The lowest BCUT2D eigenvalue weighted by molar-refractivity contribution is -0.128. The van der Waals surface area contributed by atoms with Gasteiger partial charge in [0.1, 0.15) is 0 Å². The molecule has 0 unspecified atom stereocenters. The Kier molecular flexibility index (Phi) is 6.39. The van der Waals surface area contributed by atoms with Crippen LogP contribution in [0.1, 0.15) is 65.9 Å². The lowest BCUT2D eigenvalue weighted by atomic mass is 9.85. The van der Waals surface area contributed by atoms with E-state index in [0.717, 1.165) is 24.0 Å². The fraction of sp³-hybridized carbons (Fsp3) is 0.357. The molecule has 2 aliphatic rings. The molecule has 2 aromatic carbocycles. The summed E-state index contributed by atoms with van der Waals surface area (Å²) in [6.45, 7) is 4.19. The number of nitrogens with zero attached hydrogens (tertiary/aromatic N) is 2. The molecule has 35 heavy (non-hydrogen) atoms. The molecule has 7 heteroatoms. The Labute approximate surface area is 215 Å². The minimum Gasteiger partial charge on any atom is -0.386 e. The maximum atomic E-state index is 14.0. The van der Waals surface area contributed by atoms with E-state index >= 15 is 0 Å². The highest BCUT2D eigenvalue weighted by atomic mass is 35.5. The molecule has 1 atom stereocenters. The van der Waals surface area contributed by atoms with Crippen LogP contribution in [0.4, 0.5) is 0 Å². The minimum atomic E-state index is -1.15. The van der Waals surface area contributed by atoms with E-state index in [1.54, 1.807) is 37.1 Å². The number of aliphatic hydroxyl groups is 1. The molecule has 5 rings (SSSR count). The number of fused-ring (bicyclic) bond motifs is 1. The molecule has 1 aliphatic carbocycles. The maximum Gasteiger partial charge on any atom is 0.257 e. The number of pyridine rings is 1. The van der Waals surface area contributed by atoms with Gasteiger partial charge in [0.2, 0.25) is 0 Å². The van der Waals surface area contributed by atoms with E-state index in [1.807, 2.05) is 42.5 Å². The van der Waals surface area contributed by atoms with Crippen molar-refractivity contribution in [2.75, 3.05) is 6.61 Å². The Balaban J connectivity index is 1.68. The molecule has 1 aliphatic heterocycles. The smallest absolute Gasteiger partial charge is 0.257 e. The standard InChI is InChI=1S/C28H28Cl2N2O3/c1-27(2,34)20-8-13-25-24(14-20)26(33)32(16-23-12-11-22(30)15-31-23)28(25,35-17-18-4-3-5-18)19-6-9-21(29)10-7-19/h6-15,18,34H,3-5,16-17H2,1-2H3/t28-/m1/s1. The molecule has 0 spiro atoms. The lowest BCUT2D eigenvalue weighted by Crippen LogP contribution is -2.47. The van der Waals surface area contributed by atoms with Gasteiger partial charge >= 0.3 is 0 Å². The first-order valence-electron chi connectivity index (χ1n) is 11.9. The summed E-state index contributed by atoms with van der Waals surface area (Å²) < 4.78 is 6.80. The highest BCUT2D eigenvalue weighted by Gasteiger charge is 2.53. The van der Waals surface area contributed by atoms with Gasteiger partial charge in [-0.2, -0.15) is 0 Å². The monoisotopic (exact) mass is 510 g/mol. The van der Waals surface area contributed by atoms with Crippen molar-refractivity contribution >= 4 is 29.1 Å². The second kappa shape index (κ2) is 9.21. The molecule has 2 heterocycles. The molecule has 0 bridgehead atoms. The summed E-state index contributed by atoms with van der Waals surface area (Å²) in [6, 6.07) is 16.6. The third-order valence-corrected chi connectivity index (χ3v) is 7.52. The van der Waals surface area contributed by atoms with Gasteiger partial charge in [-0.05, 0) is 68.5 Å². The van der Waals surface area contributed by atoms with Crippen molar-refractivity contribution in [2.45, 2.75) is 51.0 Å². The minimum absolute atomic E-state index is 0.175. The Morgan fingerprint density at radius 2 is 1.80 bits per heavy atom. The second-order valence-corrected chi connectivity index (χ2v) is 10.8. The molecule has 1 fully saturated rings. The van der Waals surface area contributed by atoms with Crippen LogP contribution in [0.15, 0.2) is 60.8 Å². The highest BCUT2D eigenvalue weighted by molar-refractivity contribution is 6.30. The number of carbonyl (C=O) groups excluding carboxylic acids is 1. The number of aromatic nitrogens is 1. The van der Waals surface area contributed by atoms with Crippen LogP contribution < -0.4 is 0 Å². The summed E-state index contributed by atoms with van der Waals surface area (Å²) in [5.41, 5.74) is 1.22. The average molecular weight is 511 g/mol. The van der Waals surface area contributed by atoms with Crippen molar-refractivity contribution in [3.63, 3.8) is 0 Å². The first kappa shape index (κ1) is 24.3. The molecular formula is C28H28Cl2N2O3. The third kappa shape index (κ3) is 4.47. The predicted octanol–water partition coefficient (Wildman–Crippen LogP) is 6.29. The zero-order valence-corrected chi connectivity index (χ0v) is 21.3. The van der Waals surface area contributed by atoms with Gasteiger partial charge in [0, 0.05) is 27.9 Å². The van der Waals surface area contributed by atoms with Crippen LogP contribution in [0, 0.1) is 5.92 Å². The highest BCUT2D eigenvalue weighted by Crippen LogP contribution is 2.48. The van der Waals surface area contributed by atoms with Gasteiger partial charge in [0.15, 0.2) is 5.72 Å². The Morgan fingerprint density at radius 1 is 1.09 bits per heavy atom. The first-order valence-corrected chi connectivity index (χ1v) is 12.6. The molecule has 0 radical (unpaired) electrons. The predicted molar refractivity (Wildman–Crippen MR) is 136 cm³/mol. The molecular weight excluding hydrogens is 483 g/mol. The molecule has 0 saturated heterocycles. The molecule has 1 saturated carbocycles. The fourth-order valence-electron chi connectivity index (χ4n) is 4.80. The summed E-state index contributed by atoms with van der Waals surface area (Å²) in [5.74, 6) is 0.288. The van der Waals surface area contributed by atoms with Crippen molar-refractivity contribution in [1.29, 1.82) is 0 Å². The summed E-state index contributed by atoms with van der Waals surface area (Å²) >= 11 is 12.3. The number of ether oxygens (including phenoxy) is 1. The zero-order valence-electron chi connectivity index (χ0n) is 19.8. The van der Waals surface area contributed by atoms with E-state index in [4.69, 9.17) is 27.9 Å². The van der Waals surface area contributed by atoms with E-state index in [0.29, 0.717) is 39.4 Å². The summed E-state index contributed by atoms with van der Waals surface area (Å²) in [7, 11) is 0. The maximum absolute atomic E-state index is 14.0. The topological polar surface area (TPSA) is 62.7 Å². The Bertz CT molecular complexity index is 1230. The largest absolute Gasteiger partial charge is 0.386 e. The number of hydrogen-bond acceptors (Lipinski definition) is 4. The van der Waals surface area contributed by atoms with Crippen LogP contribution in [0.3, 0.4) is 0 Å². The number of halogens is 2. The second-order valence-electron chi connectivity index (χ2n) is 9.94. The van der Waals surface area contributed by atoms with Crippen LogP contribution in [0.5, 0.6) is 0 Å². The van der Waals surface area contributed by atoms with Crippen molar-refractivity contribution < 1.29 is 14.6 Å². The van der Waals surface area contributed by atoms with Crippen molar-refractivity contribution in [3.8, 4) is 0 Å². The summed E-state index contributed by atoms with van der Waals surface area (Å²) in [6.07, 6.45) is 5.02. The van der Waals surface area contributed by atoms with Gasteiger partial charge in [0.25, 0.3) is 5.91 Å². The molecule has 3 aromatic rings.